The van der Waals surface area contributed by atoms with Crippen molar-refractivity contribution in [1.29, 1.82) is 0 Å². The summed E-state index contributed by atoms with van der Waals surface area (Å²) < 4.78 is 5.08. The van der Waals surface area contributed by atoms with Crippen molar-refractivity contribution in [2.75, 3.05) is 7.11 Å². The first kappa shape index (κ1) is 12.8. The van der Waals surface area contributed by atoms with E-state index in [9.17, 15) is 5.11 Å². The van der Waals surface area contributed by atoms with Crippen LogP contribution in [0.15, 0.2) is 18.2 Å². The van der Waals surface area contributed by atoms with E-state index in [1.54, 1.807) is 25.3 Å². The van der Waals surface area contributed by atoms with Gasteiger partial charge in [0.1, 0.15) is 0 Å². The molecule has 0 spiro atoms. The number of methoxy groups -OCH3 is 1. The molecule has 0 radical (unpaired) electrons. The Bertz CT molecular complexity index is 328. The van der Waals surface area contributed by atoms with Gasteiger partial charge in [-0.3, -0.25) is 0 Å². The molecule has 0 aromatic heterocycles. The smallest absolute Gasteiger partial charge is 0.0815 e. The summed E-state index contributed by atoms with van der Waals surface area (Å²) in [6, 6.07) is 5.12. The van der Waals surface area contributed by atoms with Gasteiger partial charge in [0.2, 0.25) is 0 Å². The molecule has 0 amide bonds. The first-order chi connectivity index (χ1) is 7.04. The standard InChI is InChI=1S/C11H14Cl2O2/c1-7(15-2)5-11(14)8-3-4-9(12)10(13)6-8/h3-4,6-7,11,14H,5H2,1-2H3. The van der Waals surface area contributed by atoms with Gasteiger partial charge in [-0.2, -0.15) is 0 Å². The first-order valence-corrected chi connectivity index (χ1v) is 5.46. The van der Waals surface area contributed by atoms with Gasteiger partial charge < -0.3 is 9.84 Å². The van der Waals surface area contributed by atoms with Gasteiger partial charge in [0.25, 0.3) is 0 Å². The van der Waals surface area contributed by atoms with Gasteiger partial charge >= 0.3 is 0 Å². The number of ether oxygens (including phenoxy) is 1. The second-order valence-electron chi connectivity index (χ2n) is 3.47. The topological polar surface area (TPSA) is 29.5 Å². The summed E-state index contributed by atoms with van der Waals surface area (Å²) in [5, 5.41) is 10.8. The first-order valence-electron chi connectivity index (χ1n) is 4.70. The van der Waals surface area contributed by atoms with Crippen molar-refractivity contribution in [2.24, 2.45) is 0 Å². The minimum Gasteiger partial charge on any atom is -0.388 e. The van der Waals surface area contributed by atoms with E-state index in [1.807, 2.05) is 6.92 Å². The van der Waals surface area contributed by atoms with Crippen molar-refractivity contribution >= 4 is 23.2 Å². The largest absolute Gasteiger partial charge is 0.388 e. The number of halogens is 2. The Morgan fingerprint density at radius 3 is 2.53 bits per heavy atom. The van der Waals surface area contributed by atoms with Crippen molar-refractivity contribution < 1.29 is 9.84 Å². The molecule has 0 fully saturated rings. The van der Waals surface area contributed by atoms with Crippen LogP contribution in [0, 0.1) is 0 Å². The summed E-state index contributed by atoms with van der Waals surface area (Å²) in [6.07, 6.45) is -0.0294. The number of aliphatic hydroxyl groups excluding tert-OH is 1. The summed E-state index contributed by atoms with van der Waals surface area (Å²) in [5.41, 5.74) is 0.758. The normalized spacial score (nSPS) is 15.0. The molecule has 4 heteroatoms. The Kier molecular flexibility index (Phi) is 4.87. The molecule has 0 aliphatic rings. The minimum absolute atomic E-state index is 0.00875. The van der Waals surface area contributed by atoms with E-state index in [-0.39, 0.29) is 6.10 Å². The van der Waals surface area contributed by atoms with E-state index < -0.39 is 6.10 Å². The molecular weight excluding hydrogens is 235 g/mol. The Labute approximate surface area is 99.8 Å². The van der Waals surface area contributed by atoms with Crippen molar-refractivity contribution in [2.45, 2.75) is 25.6 Å². The molecule has 0 aliphatic carbocycles. The van der Waals surface area contributed by atoms with Crippen LogP contribution in [0.2, 0.25) is 10.0 Å². The number of benzene rings is 1. The second-order valence-corrected chi connectivity index (χ2v) is 4.29. The maximum absolute atomic E-state index is 9.86. The summed E-state index contributed by atoms with van der Waals surface area (Å²) >= 11 is 11.6. The maximum atomic E-state index is 9.86. The van der Waals surface area contributed by atoms with Crippen LogP contribution in [0.5, 0.6) is 0 Å². The predicted octanol–water partition coefficient (Wildman–Crippen LogP) is 3.45. The Hall–Kier alpha value is -0.280. The monoisotopic (exact) mass is 248 g/mol. The highest BCUT2D eigenvalue weighted by Crippen LogP contribution is 2.27. The Morgan fingerprint density at radius 2 is 2.00 bits per heavy atom. The summed E-state index contributed by atoms with van der Waals surface area (Å²) in [7, 11) is 1.62. The van der Waals surface area contributed by atoms with Crippen LogP contribution in [-0.4, -0.2) is 18.3 Å². The quantitative estimate of drug-likeness (QED) is 0.885. The number of aliphatic hydroxyl groups is 1. The van der Waals surface area contributed by atoms with Gasteiger partial charge in [0, 0.05) is 13.5 Å². The number of hydrogen-bond acceptors (Lipinski definition) is 2. The minimum atomic E-state index is -0.574. The van der Waals surface area contributed by atoms with E-state index in [1.165, 1.54) is 0 Å². The predicted molar refractivity (Wildman–Crippen MR) is 62.5 cm³/mol. The van der Waals surface area contributed by atoms with Crippen LogP contribution in [0.1, 0.15) is 25.0 Å². The fraction of sp³-hybridized carbons (Fsp3) is 0.455. The van der Waals surface area contributed by atoms with Crippen LogP contribution in [0.25, 0.3) is 0 Å². The van der Waals surface area contributed by atoms with E-state index in [4.69, 9.17) is 27.9 Å². The van der Waals surface area contributed by atoms with E-state index in [0.717, 1.165) is 5.56 Å². The van der Waals surface area contributed by atoms with Crippen LogP contribution in [0.4, 0.5) is 0 Å². The molecule has 0 saturated heterocycles. The highest BCUT2D eigenvalue weighted by molar-refractivity contribution is 6.42. The lowest BCUT2D eigenvalue weighted by atomic mass is 10.0. The number of rotatable bonds is 4. The molecule has 2 nitrogen and oxygen atoms in total. The molecule has 0 saturated carbocycles. The van der Waals surface area contributed by atoms with Crippen LogP contribution >= 0.6 is 23.2 Å². The molecule has 1 rings (SSSR count). The molecule has 84 valence electrons. The summed E-state index contributed by atoms with van der Waals surface area (Å²) in [4.78, 5) is 0. The third-order valence-electron chi connectivity index (χ3n) is 2.29. The Balaban J connectivity index is 2.73. The van der Waals surface area contributed by atoms with E-state index in [0.29, 0.717) is 16.5 Å². The summed E-state index contributed by atoms with van der Waals surface area (Å²) in [6.45, 7) is 1.90. The average Bonchev–Trinajstić information content (AvgIpc) is 2.21. The molecular formula is C11H14Cl2O2. The second kappa shape index (κ2) is 5.71. The lowest BCUT2D eigenvalue weighted by Crippen LogP contribution is -2.10. The molecule has 1 aromatic rings. The average molecular weight is 249 g/mol. The fourth-order valence-corrected chi connectivity index (χ4v) is 1.57. The SMILES string of the molecule is COC(C)CC(O)c1ccc(Cl)c(Cl)c1. The number of hydrogen-bond donors (Lipinski definition) is 1. The van der Waals surface area contributed by atoms with Crippen LogP contribution in [-0.2, 0) is 4.74 Å². The van der Waals surface area contributed by atoms with Crippen molar-refractivity contribution in [3.8, 4) is 0 Å². The van der Waals surface area contributed by atoms with Gasteiger partial charge in [-0.25, -0.2) is 0 Å². The lowest BCUT2D eigenvalue weighted by molar-refractivity contribution is 0.0560. The fourth-order valence-electron chi connectivity index (χ4n) is 1.27. The highest BCUT2D eigenvalue weighted by Gasteiger charge is 2.13. The zero-order valence-corrected chi connectivity index (χ0v) is 10.2. The van der Waals surface area contributed by atoms with Crippen LogP contribution < -0.4 is 0 Å². The Morgan fingerprint density at radius 1 is 1.33 bits per heavy atom. The van der Waals surface area contributed by atoms with Crippen molar-refractivity contribution in [1.82, 2.24) is 0 Å². The van der Waals surface area contributed by atoms with Gasteiger partial charge in [-0.05, 0) is 24.6 Å². The molecule has 1 aromatic carbocycles. The zero-order chi connectivity index (χ0) is 11.4. The van der Waals surface area contributed by atoms with E-state index in [2.05, 4.69) is 0 Å². The lowest BCUT2D eigenvalue weighted by Gasteiger charge is -2.15. The molecule has 1 N–H and O–H groups in total. The molecule has 0 bridgehead atoms. The van der Waals surface area contributed by atoms with Gasteiger partial charge in [0.15, 0.2) is 0 Å². The van der Waals surface area contributed by atoms with Crippen molar-refractivity contribution in [3.63, 3.8) is 0 Å². The molecule has 2 unspecified atom stereocenters. The van der Waals surface area contributed by atoms with Gasteiger partial charge in [-0.15, -0.1) is 0 Å². The van der Waals surface area contributed by atoms with Crippen LogP contribution in [0.3, 0.4) is 0 Å². The zero-order valence-electron chi connectivity index (χ0n) is 8.71. The van der Waals surface area contributed by atoms with Crippen molar-refractivity contribution in [3.05, 3.63) is 33.8 Å². The third-order valence-corrected chi connectivity index (χ3v) is 3.03. The molecule has 15 heavy (non-hydrogen) atoms. The molecule has 0 heterocycles. The molecule has 2 atom stereocenters. The van der Waals surface area contributed by atoms with Gasteiger partial charge in [-0.1, -0.05) is 29.3 Å². The van der Waals surface area contributed by atoms with Gasteiger partial charge in [0.05, 0.1) is 22.3 Å². The molecule has 0 aliphatic heterocycles. The summed E-state index contributed by atoms with van der Waals surface area (Å²) in [5.74, 6) is 0. The van der Waals surface area contributed by atoms with E-state index >= 15 is 0 Å². The third kappa shape index (κ3) is 3.65. The maximum Gasteiger partial charge on any atom is 0.0815 e. The highest BCUT2D eigenvalue weighted by atomic mass is 35.5.